The van der Waals surface area contributed by atoms with E-state index in [1.54, 1.807) is 6.20 Å². The van der Waals surface area contributed by atoms with Crippen LogP contribution in [0.15, 0.2) is 42.6 Å². The Morgan fingerprint density at radius 3 is 2.48 bits per heavy atom. The lowest BCUT2D eigenvalue weighted by Gasteiger charge is -2.16. The molecule has 0 bridgehead atoms. The minimum absolute atomic E-state index is 0.183. The van der Waals surface area contributed by atoms with Crippen LogP contribution in [0.25, 0.3) is 0 Å². The fourth-order valence-corrected chi connectivity index (χ4v) is 2.12. The summed E-state index contributed by atoms with van der Waals surface area (Å²) >= 11 is 5.89. The van der Waals surface area contributed by atoms with Crippen molar-refractivity contribution >= 4 is 17.3 Å². The number of aromatic nitrogens is 1. The fraction of sp³-hybridized carbons (Fsp3) is 0.353. The molecule has 1 unspecified atom stereocenters. The summed E-state index contributed by atoms with van der Waals surface area (Å²) < 4.78 is 5.69. The van der Waals surface area contributed by atoms with Crippen LogP contribution in [0.3, 0.4) is 0 Å². The molecule has 0 saturated heterocycles. The van der Waals surface area contributed by atoms with Crippen LogP contribution in [0.5, 0.6) is 5.75 Å². The molecule has 21 heavy (non-hydrogen) atoms. The maximum absolute atomic E-state index is 5.89. The molecule has 1 atom stereocenters. The van der Waals surface area contributed by atoms with Crippen LogP contribution in [-0.4, -0.2) is 11.6 Å². The van der Waals surface area contributed by atoms with E-state index in [1.165, 1.54) is 5.56 Å². The van der Waals surface area contributed by atoms with Crippen molar-refractivity contribution in [2.24, 2.45) is 5.92 Å². The van der Waals surface area contributed by atoms with Gasteiger partial charge in [0.15, 0.2) is 0 Å². The topological polar surface area (TPSA) is 34.1 Å². The summed E-state index contributed by atoms with van der Waals surface area (Å²) in [5, 5.41) is 3.89. The van der Waals surface area contributed by atoms with E-state index >= 15 is 0 Å². The molecular formula is C17H21ClN2O. The van der Waals surface area contributed by atoms with Gasteiger partial charge in [0, 0.05) is 17.9 Å². The first kappa shape index (κ1) is 15.6. The molecule has 0 amide bonds. The number of nitrogens with one attached hydrogen (secondary N) is 1. The molecule has 3 nitrogen and oxygen atoms in total. The lowest BCUT2D eigenvalue weighted by molar-refractivity contribution is 0.271. The molecule has 0 aliphatic rings. The highest BCUT2D eigenvalue weighted by molar-refractivity contribution is 6.29. The predicted octanol–water partition coefficient (Wildman–Crippen LogP) is 4.94. The Bertz CT molecular complexity index is 569. The second-order valence-corrected chi connectivity index (χ2v) is 5.89. The smallest absolute Gasteiger partial charge is 0.131 e. The molecule has 0 saturated carbocycles. The van der Waals surface area contributed by atoms with Gasteiger partial charge in [-0.2, -0.15) is 0 Å². The number of halogens is 1. The van der Waals surface area contributed by atoms with Gasteiger partial charge in [0.1, 0.15) is 10.9 Å². The maximum Gasteiger partial charge on any atom is 0.131 e. The van der Waals surface area contributed by atoms with E-state index < -0.39 is 0 Å². The Labute approximate surface area is 131 Å². The monoisotopic (exact) mass is 304 g/mol. The van der Waals surface area contributed by atoms with E-state index in [0.29, 0.717) is 11.1 Å². The number of rotatable bonds is 6. The molecule has 0 radical (unpaired) electrons. The van der Waals surface area contributed by atoms with Crippen molar-refractivity contribution in [3.05, 3.63) is 53.3 Å². The summed E-state index contributed by atoms with van der Waals surface area (Å²) in [5.41, 5.74) is 2.16. The van der Waals surface area contributed by atoms with Crippen LogP contribution >= 0.6 is 11.6 Å². The van der Waals surface area contributed by atoms with Crippen molar-refractivity contribution in [3.8, 4) is 5.75 Å². The van der Waals surface area contributed by atoms with Crippen molar-refractivity contribution in [1.82, 2.24) is 4.98 Å². The average molecular weight is 305 g/mol. The van der Waals surface area contributed by atoms with Crippen LogP contribution in [0.1, 0.15) is 32.4 Å². The van der Waals surface area contributed by atoms with E-state index in [9.17, 15) is 0 Å². The van der Waals surface area contributed by atoms with E-state index in [-0.39, 0.29) is 6.04 Å². The molecule has 0 fully saturated rings. The molecule has 0 aliphatic carbocycles. The van der Waals surface area contributed by atoms with Gasteiger partial charge in [-0.25, -0.2) is 4.98 Å². The SMILES string of the molecule is CC(C)COc1ccc(C(C)Nc2ccnc(Cl)c2)cc1. The van der Waals surface area contributed by atoms with Crippen molar-refractivity contribution in [3.63, 3.8) is 0 Å². The zero-order valence-electron chi connectivity index (χ0n) is 12.6. The summed E-state index contributed by atoms with van der Waals surface area (Å²) in [5.74, 6) is 1.44. The molecule has 1 heterocycles. The van der Waals surface area contributed by atoms with Gasteiger partial charge in [0.05, 0.1) is 6.61 Å². The van der Waals surface area contributed by atoms with Crippen LogP contribution in [0, 0.1) is 5.92 Å². The van der Waals surface area contributed by atoms with Gasteiger partial charge in [-0.15, -0.1) is 0 Å². The van der Waals surface area contributed by atoms with Crippen LogP contribution < -0.4 is 10.1 Å². The van der Waals surface area contributed by atoms with Gasteiger partial charge in [-0.1, -0.05) is 37.6 Å². The highest BCUT2D eigenvalue weighted by atomic mass is 35.5. The van der Waals surface area contributed by atoms with E-state index in [1.807, 2.05) is 24.3 Å². The summed E-state index contributed by atoms with van der Waals surface area (Å²) in [6, 6.07) is 12.1. The van der Waals surface area contributed by atoms with E-state index in [4.69, 9.17) is 16.3 Å². The second kappa shape index (κ2) is 7.32. The third-order valence-corrected chi connectivity index (χ3v) is 3.28. The standard InChI is InChI=1S/C17H21ClN2O/c1-12(2)11-21-16-6-4-14(5-7-16)13(3)20-15-8-9-19-17(18)10-15/h4-10,12-13H,11H2,1-3H3,(H,19,20). The first-order valence-electron chi connectivity index (χ1n) is 7.15. The van der Waals surface area contributed by atoms with Gasteiger partial charge in [-0.3, -0.25) is 0 Å². The molecule has 2 aromatic rings. The lowest BCUT2D eigenvalue weighted by Crippen LogP contribution is -2.07. The summed E-state index contributed by atoms with van der Waals surface area (Å²) in [6.07, 6.45) is 1.69. The Kier molecular flexibility index (Phi) is 5.45. The van der Waals surface area contributed by atoms with Crippen LogP contribution in [0.4, 0.5) is 5.69 Å². The maximum atomic E-state index is 5.89. The Balaban J connectivity index is 1.97. The van der Waals surface area contributed by atoms with Gasteiger partial charge in [0.2, 0.25) is 0 Å². The zero-order valence-corrected chi connectivity index (χ0v) is 13.4. The third kappa shape index (κ3) is 4.94. The summed E-state index contributed by atoms with van der Waals surface area (Å²) in [7, 11) is 0. The van der Waals surface area contributed by atoms with Crippen molar-refractivity contribution < 1.29 is 4.74 Å². The van der Waals surface area contributed by atoms with Gasteiger partial charge >= 0.3 is 0 Å². The van der Waals surface area contributed by atoms with Crippen LogP contribution in [-0.2, 0) is 0 Å². The molecule has 2 rings (SSSR count). The highest BCUT2D eigenvalue weighted by Gasteiger charge is 2.06. The molecule has 112 valence electrons. The molecule has 0 aliphatic heterocycles. The molecule has 4 heteroatoms. The normalized spacial score (nSPS) is 12.2. The minimum atomic E-state index is 0.183. The number of ether oxygens (including phenoxy) is 1. The van der Waals surface area contributed by atoms with Crippen molar-refractivity contribution in [2.45, 2.75) is 26.8 Å². The van der Waals surface area contributed by atoms with Crippen molar-refractivity contribution in [2.75, 3.05) is 11.9 Å². The quantitative estimate of drug-likeness (QED) is 0.767. The minimum Gasteiger partial charge on any atom is -0.493 e. The number of anilines is 1. The number of nitrogens with zero attached hydrogens (tertiary/aromatic N) is 1. The lowest BCUT2D eigenvalue weighted by atomic mass is 10.1. The Hall–Kier alpha value is -1.74. The van der Waals surface area contributed by atoms with Gasteiger partial charge in [0.25, 0.3) is 0 Å². The number of pyridine rings is 1. The van der Waals surface area contributed by atoms with Gasteiger partial charge in [-0.05, 0) is 42.7 Å². The second-order valence-electron chi connectivity index (χ2n) is 5.51. The number of benzene rings is 1. The summed E-state index contributed by atoms with van der Waals surface area (Å²) in [4.78, 5) is 3.97. The fourth-order valence-electron chi connectivity index (χ4n) is 1.94. The van der Waals surface area contributed by atoms with E-state index in [0.717, 1.165) is 18.0 Å². The zero-order chi connectivity index (χ0) is 15.2. The number of hydrogen-bond acceptors (Lipinski definition) is 3. The molecule has 1 N–H and O–H groups in total. The Morgan fingerprint density at radius 1 is 1.14 bits per heavy atom. The average Bonchev–Trinajstić information content (AvgIpc) is 2.45. The molecule has 1 aromatic heterocycles. The third-order valence-electron chi connectivity index (χ3n) is 3.07. The van der Waals surface area contributed by atoms with Crippen molar-refractivity contribution in [1.29, 1.82) is 0 Å². The molecular weight excluding hydrogens is 284 g/mol. The van der Waals surface area contributed by atoms with Gasteiger partial charge < -0.3 is 10.1 Å². The number of hydrogen-bond donors (Lipinski definition) is 1. The largest absolute Gasteiger partial charge is 0.493 e. The molecule has 0 spiro atoms. The Morgan fingerprint density at radius 2 is 1.86 bits per heavy atom. The van der Waals surface area contributed by atoms with Crippen LogP contribution in [0.2, 0.25) is 5.15 Å². The van der Waals surface area contributed by atoms with E-state index in [2.05, 4.69) is 43.2 Å². The first-order chi connectivity index (χ1) is 10.0. The first-order valence-corrected chi connectivity index (χ1v) is 7.53. The highest BCUT2D eigenvalue weighted by Crippen LogP contribution is 2.22. The molecule has 1 aromatic carbocycles. The predicted molar refractivity (Wildman–Crippen MR) is 88.1 cm³/mol. The summed E-state index contributed by atoms with van der Waals surface area (Å²) in [6.45, 7) is 7.13.